The predicted molar refractivity (Wildman–Crippen MR) is 103 cm³/mol. The minimum Gasteiger partial charge on any atom is -0.493 e. The molecule has 1 heterocycles. The number of thiazole rings is 1. The van der Waals surface area contributed by atoms with Crippen LogP contribution in [0.25, 0.3) is 11.3 Å². The lowest BCUT2D eigenvalue weighted by molar-refractivity contribution is 0.354. The van der Waals surface area contributed by atoms with Gasteiger partial charge in [0.2, 0.25) is 5.13 Å². The maximum absolute atomic E-state index is 5.38. The summed E-state index contributed by atoms with van der Waals surface area (Å²) in [5.74, 6) is 1.32. The Hall–Kier alpha value is -2.86. The molecule has 0 aliphatic carbocycles. The van der Waals surface area contributed by atoms with Crippen molar-refractivity contribution in [2.45, 2.75) is 6.92 Å². The van der Waals surface area contributed by atoms with Crippen molar-refractivity contribution in [3.05, 3.63) is 59.0 Å². The van der Waals surface area contributed by atoms with E-state index in [1.165, 1.54) is 16.9 Å². The van der Waals surface area contributed by atoms with E-state index in [9.17, 15) is 0 Å². The Morgan fingerprint density at radius 1 is 1.08 bits per heavy atom. The molecule has 0 atom stereocenters. The SMILES string of the molecule is COc1cccc(/C=N\Nc2nc(-c3ccc(C)cc3)cs2)c1OC. The zero-order valence-electron chi connectivity index (χ0n) is 14.3. The number of hydrazone groups is 1. The van der Waals surface area contributed by atoms with Crippen LogP contribution in [0.3, 0.4) is 0 Å². The summed E-state index contributed by atoms with van der Waals surface area (Å²) >= 11 is 1.51. The number of methoxy groups -OCH3 is 2. The first-order valence-electron chi connectivity index (χ1n) is 7.74. The van der Waals surface area contributed by atoms with Gasteiger partial charge in [-0.25, -0.2) is 4.98 Å². The highest BCUT2D eigenvalue weighted by atomic mass is 32.1. The first kappa shape index (κ1) is 17.0. The summed E-state index contributed by atoms with van der Waals surface area (Å²) in [6.07, 6.45) is 1.69. The average molecular weight is 353 g/mol. The fourth-order valence-electron chi connectivity index (χ4n) is 2.35. The molecule has 3 aromatic rings. The Kier molecular flexibility index (Phi) is 5.30. The van der Waals surface area contributed by atoms with Crippen molar-refractivity contribution in [3.63, 3.8) is 0 Å². The Morgan fingerprint density at radius 2 is 1.88 bits per heavy atom. The van der Waals surface area contributed by atoms with Crippen LogP contribution in [-0.2, 0) is 0 Å². The number of aromatic nitrogens is 1. The van der Waals surface area contributed by atoms with Crippen LogP contribution in [-0.4, -0.2) is 25.4 Å². The van der Waals surface area contributed by atoms with Crippen molar-refractivity contribution in [2.75, 3.05) is 19.6 Å². The fraction of sp³-hybridized carbons (Fsp3) is 0.158. The van der Waals surface area contributed by atoms with Crippen LogP contribution in [0.4, 0.5) is 5.13 Å². The number of hydrogen-bond acceptors (Lipinski definition) is 6. The largest absolute Gasteiger partial charge is 0.493 e. The first-order chi connectivity index (χ1) is 12.2. The number of benzene rings is 2. The number of aryl methyl sites for hydroxylation is 1. The molecule has 0 fully saturated rings. The Bertz CT molecular complexity index is 873. The maximum atomic E-state index is 5.38. The van der Waals surface area contributed by atoms with Crippen LogP contribution < -0.4 is 14.9 Å². The third-order valence-electron chi connectivity index (χ3n) is 3.65. The molecule has 1 aromatic heterocycles. The third-order valence-corrected chi connectivity index (χ3v) is 4.40. The highest BCUT2D eigenvalue weighted by Crippen LogP contribution is 2.29. The molecular weight excluding hydrogens is 334 g/mol. The summed E-state index contributed by atoms with van der Waals surface area (Å²) in [6.45, 7) is 2.07. The molecule has 5 nitrogen and oxygen atoms in total. The Labute approximate surface area is 151 Å². The minimum atomic E-state index is 0.648. The topological polar surface area (TPSA) is 55.7 Å². The number of nitrogens with one attached hydrogen (secondary N) is 1. The van der Waals surface area contributed by atoms with E-state index in [-0.39, 0.29) is 0 Å². The molecule has 0 spiro atoms. The second-order valence-electron chi connectivity index (χ2n) is 5.36. The van der Waals surface area contributed by atoms with Gasteiger partial charge in [-0.3, -0.25) is 5.43 Å². The van der Waals surface area contributed by atoms with E-state index in [0.29, 0.717) is 11.5 Å². The summed E-state index contributed by atoms with van der Waals surface area (Å²) in [5.41, 5.74) is 7.04. The number of nitrogens with zero attached hydrogens (tertiary/aromatic N) is 2. The van der Waals surface area contributed by atoms with Gasteiger partial charge in [0.05, 0.1) is 26.1 Å². The van der Waals surface area contributed by atoms with Crippen LogP contribution in [0.5, 0.6) is 11.5 Å². The molecule has 0 radical (unpaired) electrons. The summed E-state index contributed by atoms with van der Waals surface area (Å²) in [7, 11) is 3.22. The molecule has 0 saturated carbocycles. The van der Waals surface area contributed by atoms with Gasteiger partial charge in [0.1, 0.15) is 0 Å². The number of rotatable bonds is 6. The Balaban J connectivity index is 1.72. The number of hydrogen-bond donors (Lipinski definition) is 1. The van der Waals surface area contributed by atoms with Crippen molar-refractivity contribution in [3.8, 4) is 22.8 Å². The van der Waals surface area contributed by atoms with Gasteiger partial charge in [0.15, 0.2) is 11.5 Å². The molecule has 0 saturated heterocycles. The van der Waals surface area contributed by atoms with Crippen molar-refractivity contribution in [2.24, 2.45) is 5.10 Å². The van der Waals surface area contributed by atoms with Gasteiger partial charge >= 0.3 is 0 Å². The average Bonchev–Trinajstić information content (AvgIpc) is 3.11. The highest BCUT2D eigenvalue weighted by Gasteiger charge is 2.07. The minimum absolute atomic E-state index is 0.648. The van der Waals surface area contributed by atoms with E-state index in [2.05, 4.69) is 46.7 Å². The summed E-state index contributed by atoms with van der Waals surface area (Å²) in [4.78, 5) is 4.56. The molecular formula is C19H19N3O2S. The van der Waals surface area contributed by atoms with Gasteiger partial charge in [0, 0.05) is 16.5 Å². The van der Waals surface area contributed by atoms with Gasteiger partial charge in [0.25, 0.3) is 0 Å². The standard InChI is InChI=1S/C19H19N3O2S/c1-13-7-9-14(10-8-13)16-12-25-19(21-16)22-20-11-15-5-4-6-17(23-2)18(15)24-3/h4-12H,1-3H3,(H,21,22)/b20-11-. The molecule has 3 rings (SSSR count). The molecule has 25 heavy (non-hydrogen) atoms. The van der Waals surface area contributed by atoms with E-state index in [0.717, 1.165) is 22.0 Å². The maximum Gasteiger partial charge on any atom is 0.203 e. The van der Waals surface area contributed by atoms with E-state index in [4.69, 9.17) is 9.47 Å². The monoisotopic (exact) mass is 353 g/mol. The van der Waals surface area contributed by atoms with Crippen molar-refractivity contribution in [1.82, 2.24) is 4.98 Å². The smallest absolute Gasteiger partial charge is 0.203 e. The van der Waals surface area contributed by atoms with Crippen LogP contribution >= 0.6 is 11.3 Å². The third kappa shape index (κ3) is 3.97. The summed E-state index contributed by atoms with van der Waals surface area (Å²) in [6, 6.07) is 13.9. The fourth-order valence-corrected chi connectivity index (χ4v) is 3.02. The van der Waals surface area contributed by atoms with Crippen molar-refractivity contribution in [1.29, 1.82) is 0 Å². The van der Waals surface area contributed by atoms with Crippen molar-refractivity contribution < 1.29 is 9.47 Å². The highest BCUT2D eigenvalue weighted by molar-refractivity contribution is 7.14. The zero-order chi connectivity index (χ0) is 17.6. The zero-order valence-corrected chi connectivity index (χ0v) is 15.1. The summed E-state index contributed by atoms with van der Waals surface area (Å²) in [5, 5.41) is 6.99. The predicted octanol–water partition coefficient (Wildman–Crippen LogP) is 4.58. The molecule has 0 aliphatic rings. The van der Waals surface area contributed by atoms with Crippen LogP contribution in [0.2, 0.25) is 0 Å². The van der Waals surface area contributed by atoms with E-state index in [1.54, 1.807) is 20.4 Å². The number of ether oxygens (including phenoxy) is 2. The first-order valence-corrected chi connectivity index (χ1v) is 8.62. The molecule has 0 amide bonds. The van der Waals surface area contributed by atoms with Crippen LogP contribution in [0, 0.1) is 6.92 Å². The molecule has 2 aromatic carbocycles. The quantitative estimate of drug-likeness (QED) is 0.520. The normalized spacial score (nSPS) is 10.8. The number of anilines is 1. The molecule has 0 unspecified atom stereocenters. The summed E-state index contributed by atoms with van der Waals surface area (Å²) < 4.78 is 10.7. The van der Waals surface area contributed by atoms with E-state index >= 15 is 0 Å². The second-order valence-corrected chi connectivity index (χ2v) is 6.21. The lowest BCUT2D eigenvalue weighted by Gasteiger charge is -2.09. The van der Waals surface area contributed by atoms with Gasteiger partial charge in [-0.05, 0) is 19.1 Å². The second kappa shape index (κ2) is 7.81. The van der Waals surface area contributed by atoms with Crippen LogP contribution in [0.15, 0.2) is 52.9 Å². The lowest BCUT2D eigenvalue weighted by Crippen LogP contribution is -1.96. The van der Waals surface area contributed by atoms with Gasteiger partial charge < -0.3 is 9.47 Å². The van der Waals surface area contributed by atoms with Gasteiger partial charge in [-0.2, -0.15) is 5.10 Å². The van der Waals surface area contributed by atoms with Gasteiger partial charge in [-0.15, -0.1) is 11.3 Å². The molecule has 1 N–H and O–H groups in total. The lowest BCUT2D eigenvalue weighted by atomic mass is 10.1. The van der Waals surface area contributed by atoms with Gasteiger partial charge in [-0.1, -0.05) is 35.9 Å². The number of para-hydroxylation sites is 1. The molecule has 128 valence electrons. The van der Waals surface area contributed by atoms with E-state index in [1.807, 2.05) is 23.6 Å². The van der Waals surface area contributed by atoms with E-state index < -0.39 is 0 Å². The molecule has 0 bridgehead atoms. The molecule has 6 heteroatoms. The van der Waals surface area contributed by atoms with Crippen molar-refractivity contribution >= 4 is 22.7 Å². The van der Waals surface area contributed by atoms with Crippen LogP contribution in [0.1, 0.15) is 11.1 Å². The molecule has 0 aliphatic heterocycles. The Morgan fingerprint density at radius 3 is 2.60 bits per heavy atom.